The molecule has 0 aromatic heterocycles. The zero-order valence-corrected chi connectivity index (χ0v) is 21.8. The number of ether oxygens (including phenoxy) is 4. The molecule has 3 atom stereocenters. The van der Waals surface area contributed by atoms with Gasteiger partial charge in [-0.1, -0.05) is 40.5 Å². The van der Waals surface area contributed by atoms with E-state index in [0.29, 0.717) is 36.2 Å². The van der Waals surface area contributed by atoms with Crippen molar-refractivity contribution in [3.63, 3.8) is 0 Å². The largest absolute Gasteiger partial charge is 0.493 e. The highest BCUT2D eigenvalue weighted by Crippen LogP contribution is 2.17. The van der Waals surface area contributed by atoms with E-state index >= 15 is 0 Å². The zero-order valence-electron chi connectivity index (χ0n) is 21.8. The highest BCUT2D eigenvalue weighted by molar-refractivity contribution is 5.90. The van der Waals surface area contributed by atoms with Gasteiger partial charge in [-0.3, -0.25) is 0 Å². The van der Waals surface area contributed by atoms with Gasteiger partial charge in [0.05, 0.1) is 24.3 Å². The van der Waals surface area contributed by atoms with Crippen LogP contribution >= 0.6 is 0 Å². The minimum Gasteiger partial charge on any atom is -0.493 e. The number of benzene rings is 2. The van der Waals surface area contributed by atoms with Crippen molar-refractivity contribution in [1.82, 2.24) is 0 Å². The summed E-state index contributed by atoms with van der Waals surface area (Å²) in [4.78, 5) is 24.7. The molecule has 35 heavy (non-hydrogen) atoms. The predicted molar refractivity (Wildman–Crippen MR) is 137 cm³/mol. The van der Waals surface area contributed by atoms with Crippen molar-refractivity contribution in [2.24, 2.45) is 11.8 Å². The van der Waals surface area contributed by atoms with Crippen LogP contribution in [0.15, 0.2) is 48.5 Å². The van der Waals surface area contributed by atoms with Crippen LogP contribution in [0.5, 0.6) is 11.5 Å². The van der Waals surface area contributed by atoms with Crippen LogP contribution in [0.25, 0.3) is 0 Å². The van der Waals surface area contributed by atoms with Crippen molar-refractivity contribution in [1.29, 1.82) is 0 Å². The van der Waals surface area contributed by atoms with Crippen molar-refractivity contribution in [2.75, 3.05) is 19.8 Å². The Morgan fingerprint density at radius 1 is 0.657 bits per heavy atom. The Morgan fingerprint density at radius 3 is 1.51 bits per heavy atom. The number of esters is 2. The number of hydrogen-bond acceptors (Lipinski definition) is 6. The molecule has 0 aliphatic rings. The van der Waals surface area contributed by atoms with E-state index < -0.39 is 18.0 Å². The lowest BCUT2D eigenvalue weighted by molar-refractivity contribution is 0.00447. The molecule has 0 aliphatic heterocycles. The average Bonchev–Trinajstić information content (AvgIpc) is 2.85. The normalized spacial score (nSPS) is 13.4. The molecule has 0 heterocycles. The van der Waals surface area contributed by atoms with Crippen LogP contribution in [0.1, 0.15) is 81.0 Å². The highest BCUT2D eigenvalue weighted by atomic mass is 16.6. The lowest BCUT2D eigenvalue weighted by Crippen LogP contribution is -2.22. The van der Waals surface area contributed by atoms with Gasteiger partial charge in [0.2, 0.25) is 0 Å². The van der Waals surface area contributed by atoms with Gasteiger partial charge in [0, 0.05) is 0 Å². The molecule has 2 aromatic carbocycles. The van der Waals surface area contributed by atoms with E-state index in [2.05, 4.69) is 27.7 Å². The second-order valence-electron chi connectivity index (χ2n) is 9.27. The molecule has 0 amide bonds. The number of hydrogen-bond donors (Lipinski definition) is 0. The van der Waals surface area contributed by atoms with Crippen LogP contribution in [-0.2, 0) is 9.47 Å². The summed E-state index contributed by atoms with van der Waals surface area (Å²) in [5, 5.41) is 0. The first kappa shape index (κ1) is 28.2. The van der Waals surface area contributed by atoms with Crippen LogP contribution in [0, 0.1) is 11.8 Å². The van der Waals surface area contributed by atoms with Crippen LogP contribution < -0.4 is 9.47 Å². The summed E-state index contributed by atoms with van der Waals surface area (Å²) in [7, 11) is 0. The molecule has 0 fully saturated rings. The smallest absolute Gasteiger partial charge is 0.338 e. The van der Waals surface area contributed by atoms with Gasteiger partial charge in [-0.25, -0.2) is 9.59 Å². The standard InChI is InChI=1S/C29H40O6/c1-6-8-21(3)18-32-26-14-10-24(11-15-26)28(30)34-20-23(5)35-29(31)25-12-16-27(17-13-25)33-19-22(4)9-7-2/h10-17,21-23H,6-9,18-20H2,1-5H3/t21-,22-,23?/m1/s1. The second kappa shape index (κ2) is 15.1. The van der Waals surface area contributed by atoms with E-state index in [0.717, 1.165) is 37.2 Å². The van der Waals surface area contributed by atoms with E-state index in [4.69, 9.17) is 18.9 Å². The molecular weight excluding hydrogens is 444 g/mol. The first-order chi connectivity index (χ1) is 16.8. The molecule has 2 rings (SSSR count). The van der Waals surface area contributed by atoms with E-state index in [-0.39, 0.29) is 6.61 Å². The molecule has 0 saturated heterocycles. The maximum Gasteiger partial charge on any atom is 0.338 e. The van der Waals surface area contributed by atoms with Crippen molar-refractivity contribution >= 4 is 11.9 Å². The Bertz CT molecular complexity index is 890. The summed E-state index contributed by atoms with van der Waals surface area (Å²) < 4.78 is 22.3. The van der Waals surface area contributed by atoms with Gasteiger partial charge in [0.1, 0.15) is 24.2 Å². The minimum atomic E-state index is -0.583. The third-order valence-corrected chi connectivity index (χ3v) is 5.57. The molecule has 0 aliphatic carbocycles. The molecule has 0 spiro atoms. The number of carbonyl (C=O) groups is 2. The molecule has 0 N–H and O–H groups in total. The van der Waals surface area contributed by atoms with Gasteiger partial charge in [0.15, 0.2) is 0 Å². The van der Waals surface area contributed by atoms with Crippen LogP contribution in [0.3, 0.4) is 0 Å². The third kappa shape index (κ3) is 10.4. The summed E-state index contributed by atoms with van der Waals surface area (Å²) in [6, 6.07) is 13.7. The van der Waals surface area contributed by atoms with E-state index in [1.807, 2.05) is 0 Å². The predicted octanol–water partition coefficient (Wildman–Crippen LogP) is 6.72. The SMILES string of the molecule is CCC[C@@H](C)COc1ccc(C(=O)OCC(C)OC(=O)c2ccc(OC[C@H](C)CCC)cc2)cc1. The maximum absolute atomic E-state index is 12.4. The van der Waals surface area contributed by atoms with Crippen LogP contribution in [-0.4, -0.2) is 37.9 Å². The quantitative estimate of drug-likeness (QED) is 0.261. The van der Waals surface area contributed by atoms with Crippen molar-refractivity contribution in [3.05, 3.63) is 59.7 Å². The average molecular weight is 485 g/mol. The van der Waals surface area contributed by atoms with Gasteiger partial charge in [-0.15, -0.1) is 0 Å². The first-order valence-corrected chi connectivity index (χ1v) is 12.7. The van der Waals surface area contributed by atoms with Crippen LogP contribution in [0.4, 0.5) is 0 Å². The van der Waals surface area contributed by atoms with Gasteiger partial charge < -0.3 is 18.9 Å². The monoisotopic (exact) mass is 484 g/mol. The topological polar surface area (TPSA) is 71.1 Å². The summed E-state index contributed by atoms with van der Waals surface area (Å²) in [5.74, 6) is 1.46. The van der Waals surface area contributed by atoms with Crippen molar-refractivity contribution in [3.8, 4) is 11.5 Å². The lowest BCUT2D eigenvalue weighted by Gasteiger charge is -2.15. The molecule has 6 heteroatoms. The molecule has 0 saturated carbocycles. The molecule has 0 bridgehead atoms. The minimum absolute atomic E-state index is 0.0339. The van der Waals surface area contributed by atoms with Gasteiger partial charge in [0.25, 0.3) is 0 Å². The third-order valence-electron chi connectivity index (χ3n) is 5.57. The molecule has 1 unspecified atom stereocenters. The first-order valence-electron chi connectivity index (χ1n) is 12.7. The van der Waals surface area contributed by atoms with Gasteiger partial charge in [-0.2, -0.15) is 0 Å². The fourth-order valence-electron chi connectivity index (χ4n) is 3.56. The maximum atomic E-state index is 12.4. The Kier molecular flexibility index (Phi) is 12.2. The Morgan fingerprint density at radius 2 is 1.09 bits per heavy atom. The molecule has 6 nitrogen and oxygen atoms in total. The van der Waals surface area contributed by atoms with E-state index in [9.17, 15) is 9.59 Å². The Labute approximate surface area is 209 Å². The number of carbonyl (C=O) groups excluding carboxylic acids is 2. The lowest BCUT2D eigenvalue weighted by atomic mass is 10.1. The van der Waals surface area contributed by atoms with Gasteiger partial charge >= 0.3 is 11.9 Å². The zero-order chi connectivity index (χ0) is 25.6. The van der Waals surface area contributed by atoms with Crippen LogP contribution in [0.2, 0.25) is 0 Å². The molecule has 0 radical (unpaired) electrons. The second-order valence-corrected chi connectivity index (χ2v) is 9.27. The highest BCUT2D eigenvalue weighted by Gasteiger charge is 2.15. The van der Waals surface area contributed by atoms with E-state index in [1.54, 1.807) is 55.5 Å². The van der Waals surface area contributed by atoms with E-state index in [1.165, 1.54) is 0 Å². The summed E-state index contributed by atoms with van der Waals surface area (Å²) in [6.07, 6.45) is 3.90. The fourth-order valence-corrected chi connectivity index (χ4v) is 3.56. The Balaban J connectivity index is 1.75. The fraction of sp³-hybridized carbons (Fsp3) is 0.517. The molecule has 2 aromatic rings. The molecular formula is C29H40O6. The summed E-state index contributed by atoms with van der Waals surface area (Å²) in [5.41, 5.74) is 0.835. The van der Waals surface area contributed by atoms with Gasteiger partial charge in [-0.05, 0) is 80.1 Å². The molecule has 192 valence electrons. The van der Waals surface area contributed by atoms with Crippen molar-refractivity contribution < 1.29 is 28.5 Å². The number of rotatable bonds is 15. The summed E-state index contributed by atoms with van der Waals surface area (Å²) in [6.45, 7) is 11.6. The Hall–Kier alpha value is -3.02. The van der Waals surface area contributed by atoms with Crippen molar-refractivity contribution in [2.45, 2.75) is 66.4 Å². The summed E-state index contributed by atoms with van der Waals surface area (Å²) >= 11 is 0.